The molecule has 3 rings (SSSR count). The average Bonchev–Trinajstić information content (AvgIpc) is 2.77. The van der Waals surface area contributed by atoms with Crippen LogP contribution in [0.5, 0.6) is 0 Å². The summed E-state index contributed by atoms with van der Waals surface area (Å²) < 4.78 is 0. The summed E-state index contributed by atoms with van der Waals surface area (Å²) in [5.74, 6) is 1.85. The van der Waals surface area contributed by atoms with Crippen molar-refractivity contribution < 1.29 is 0 Å². The van der Waals surface area contributed by atoms with Crippen molar-refractivity contribution in [3.8, 4) is 11.5 Å². The smallest absolute Gasteiger partial charge is 0.255 e. The Morgan fingerprint density at radius 1 is 1.33 bits per heavy atom. The predicted molar refractivity (Wildman–Crippen MR) is 73.1 cm³/mol. The second-order valence-electron chi connectivity index (χ2n) is 3.82. The summed E-state index contributed by atoms with van der Waals surface area (Å²) in [7, 11) is 0. The fourth-order valence-corrected chi connectivity index (χ4v) is 3.27. The van der Waals surface area contributed by atoms with Crippen LogP contribution in [0.3, 0.4) is 0 Å². The molecule has 0 saturated heterocycles. The molecule has 0 amide bonds. The van der Waals surface area contributed by atoms with E-state index >= 15 is 0 Å². The van der Waals surface area contributed by atoms with E-state index < -0.39 is 0 Å². The van der Waals surface area contributed by atoms with Gasteiger partial charge in [0.1, 0.15) is 5.69 Å². The summed E-state index contributed by atoms with van der Waals surface area (Å²) in [6, 6.07) is 1.58. The quantitative estimate of drug-likeness (QED) is 0.879. The normalized spacial score (nSPS) is 13.7. The van der Waals surface area contributed by atoms with Gasteiger partial charge in [-0.25, -0.2) is 9.97 Å². The van der Waals surface area contributed by atoms with Gasteiger partial charge >= 0.3 is 0 Å². The first-order valence-corrected chi connectivity index (χ1v) is 7.07. The molecule has 2 aromatic rings. The molecule has 4 nitrogen and oxygen atoms in total. The van der Waals surface area contributed by atoms with Crippen molar-refractivity contribution in [2.24, 2.45) is 0 Å². The predicted octanol–water partition coefficient (Wildman–Crippen LogP) is 2.89. The lowest BCUT2D eigenvalue weighted by Crippen LogP contribution is -2.15. The number of thioether (sulfide) groups is 1. The van der Waals surface area contributed by atoms with Crippen LogP contribution in [0.1, 0.15) is 11.3 Å². The van der Waals surface area contributed by atoms with Crippen molar-refractivity contribution >= 4 is 35.0 Å². The number of aromatic amines is 1. The van der Waals surface area contributed by atoms with E-state index in [-0.39, 0.29) is 5.56 Å². The van der Waals surface area contributed by atoms with E-state index in [1.54, 1.807) is 17.8 Å². The molecule has 3 heterocycles. The second kappa shape index (κ2) is 4.57. The highest BCUT2D eigenvalue weighted by Crippen LogP contribution is 2.29. The Labute approximate surface area is 117 Å². The first-order chi connectivity index (χ1) is 8.65. The molecule has 0 unspecified atom stereocenters. The number of hydrogen-bond acceptors (Lipinski definition) is 4. The van der Waals surface area contributed by atoms with Crippen LogP contribution < -0.4 is 5.56 Å². The van der Waals surface area contributed by atoms with Gasteiger partial charge in [0.15, 0.2) is 5.82 Å². The van der Waals surface area contributed by atoms with Crippen molar-refractivity contribution in [2.75, 3.05) is 0 Å². The summed E-state index contributed by atoms with van der Waals surface area (Å²) in [5.41, 5.74) is 1.88. The number of aromatic nitrogens is 3. The highest BCUT2D eigenvalue weighted by Gasteiger charge is 2.19. The lowest BCUT2D eigenvalue weighted by atomic mass is 10.2. The van der Waals surface area contributed by atoms with E-state index in [2.05, 4.69) is 15.0 Å². The molecule has 0 fully saturated rings. The van der Waals surface area contributed by atoms with Gasteiger partial charge in [-0.3, -0.25) is 4.79 Å². The third kappa shape index (κ3) is 2.02. The van der Waals surface area contributed by atoms with Crippen LogP contribution in [0.15, 0.2) is 17.1 Å². The van der Waals surface area contributed by atoms with Gasteiger partial charge in [0, 0.05) is 23.3 Å². The van der Waals surface area contributed by atoms with Crippen LogP contribution in [-0.4, -0.2) is 15.0 Å². The van der Waals surface area contributed by atoms with Gasteiger partial charge in [-0.1, -0.05) is 23.2 Å². The van der Waals surface area contributed by atoms with Crippen LogP contribution in [0.2, 0.25) is 10.0 Å². The maximum atomic E-state index is 11.9. The standard InChI is InChI=1S/C11H7Cl2N3OS/c12-5-1-7(13)9(14-2-5)10-15-8-4-18-3-6(8)11(17)16-10/h1-2H,3-4H2,(H,15,16,17). The van der Waals surface area contributed by atoms with Crippen molar-refractivity contribution in [3.05, 3.63) is 43.9 Å². The van der Waals surface area contributed by atoms with Crippen molar-refractivity contribution in [1.29, 1.82) is 0 Å². The van der Waals surface area contributed by atoms with Gasteiger partial charge in [0.2, 0.25) is 0 Å². The Morgan fingerprint density at radius 3 is 2.94 bits per heavy atom. The number of pyridine rings is 1. The van der Waals surface area contributed by atoms with Gasteiger partial charge < -0.3 is 4.98 Å². The molecule has 0 spiro atoms. The van der Waals surface area contributed by atoms with Crippen LogP contribution in [0.25, 0.3) is 11.5 Å². The molecule has 18 heavy (non-hydrogen) atoms. The van der Waals surface area contributed by atoms with Crippen LogP contribution in [0.4, 0.5) is 0 Å². The monoisotopic (exact) mass is 299 g/mol. The van der Waals surface area contributed by atoms with E-state index in [1.807, 2.05) is 0 Å². The molecular formula is C11H7Cl2N3OS. The molecule has 0 atom stereocenters. The minimum absolute atomic E-state index is 0.118. The maximum absolute atomic E-state index is 11.9. The minimum Gasteiger partial charge on any atom is -0.305 e. The number of fused-ring (bicyclic) bond motifs is 1. The molecule has 1 N–H and O–H groups in total. The summed E-state index contributed by atoms with van der Waals surface area (Å²) in [6.07, 6.45) is 1.48. The van der Waals surface area contributed by atoms with Gasteiger partial charge in [0.05, 0.1) is 15.7 Å². The fraction of sp³-hybridized carbons (Fsp3) is 0.182. The fourth-order valence-electron chi connectivity index (χ4n) is 1.76. The zero-order chi connectivity index (χ0) is 12.7. The Balaban J connectivity index is 2.18. The van der Waals surface area contributed by atoms with E-state index in [1.165, 1.54) is 6.20 Å². The number of rotatable bonds is 1. The topological polar surface area (TPSA) is 58.6 Å². The Hall–Kier alpha value is -1.04. The lowest BCUT2D eigenvalue weighted by molar-refractivity contribution is 1.02. The average molecular weight is 300 g/mol. The Bertz CT molecular complexity index is 686. The first kappa shape index (κ1) is 12.0. The van der Waals surface area contributed by atoms with E-state index in [9.17, 15) is 4.79 Å². The van der Waals surface area contributed by atoms with Crippen molar-refractivity contribution in [2.45, 2.75) is 11.5 Å². The summed E-state index contributed by atoms with van der Waals surface area (Å²) in [4.78, 5) is 23.1. The largest absolute Gasteiger partial charge is 0.305 e. The first-order valence-electron chi connectivity index (χ1n) is 5.16. The number of H-pyrrole nitrogens is 1. The SMILES string of the molecule is O=c1[nH]c(-c2ncc(Cl)cc2Cl)nc2c1CSC2. The molecular weight excluding hydrogens is 293 g/mol. The van der Waals surface area contributed by atoms with Gasteiger partial charge in [-0.2, -0.15) is 11.8 Å². The maximum Gasteiger partial charge on any atom is 0.255 e. The van der Waals surface area contributed by atoms with E-state index in [0.717, 1.165) is 17.0 Å². The number of halogens is 2. The summed E-state index contributed by atoms with van der Waals surface area (Å²) >= 11 is 13.5. The van der Waals surface area contributed by atoms with Crippen molar-refractivity contribution in [1.82, 2.24) is 15.0 Å². The highest BCUT2D eigenvalue weighted by atomic mass is 35.5. The zero-order valence-corrected chi connectivity index (χ0v) is 11.4. The van der Waals surface area contributed by atoms with Gasteiger partial charge in [-0.05, 0) is 6.07 Å². The lowest BCUT2D eigenvalue weighted by Gasteiger charge is -2.05. The summed E-state index contributed by atoms with van der Waals surface area (Å²) in [5, 5.41) is 0.819. The molecule has 7 heteroatoms. The van der Waals surface area contributed by atoms with Crippen LogP contribution in [-0.2, 0) is 11.5 Å². The molecule has 92 valence electrons. The highest BCUT2D eigenvalue weighted by molar-refractivity contribution is 7.98. The van der Waals surface area contributed by atoms with Crippen LogP contribution >= 0.6 is 35.0 Å². The van der Waals surface area contributed by atoms with Gasteiger partial charge in [-0.15, -0.1) is 0 Å². The third-order valence-corrected chi connectivity index (χ3v) is 4.08. The molecule has 0 radical (unpaired) electrons. The Kier molecular flexibility index (Phi) is 3.05. The number of nitrogens with zero attached hydrogens (tertiary/aromatic N) is 2. The molecule has 0 bridgehead atoms. The van der Waals surface area contributed by atoms with Crippen molar-refractivity contribution in [3.63, 3.8) is 0 Å². The Morgan fingerprint density at radius 2 is 2.17 bits per heavy atom. The third-order valence-electron chi connectivity index (χ3n) is 2.62. The molecule has 1 aliphatic heterocycles. The molecule has 2 aromatic heterocycles. The van der Waals surface area contributed by atoms with Crippen LogP contribution in [0, 0.1) is 0 Å². The number of hydrogen-bond donors (Lipinski definition) is 1. The molecule has 0 saturated carbocycles. The molecule has 0 aliphatic carbocycles. The molecule has 1 aliphatic rings. The molecule has 0 aromatic carbocycles. The summed E-state index contributed by atoms with van der Waals surface area (Å²) in [6.45, 7) is 0. The number of nitrogens with one attached hydrogen (secondary N) is 1. The van der Waals surface area contributed by atoms with E-state index in [0.29, 0.717) is 27.3 Å². The minimum atomic E-state index is -0.118. The van der Waals surface area contributed by atoms with E-state index in [4.69, 9.17) is 23.2 Å². The second-order valence-corrected chi connectivity index (χ2v) is 5.65. The van der Waals surface area contributed by atoms with Gasteiger partial charge in [0.25, 0.3) is 5.56 Å². The zero-order valence-electron chi connectivity index (χ0n) is 9.04.